The smallest absolute Gasteiger partial charge is 0.140 e. The molecule has 0 unspecified atom stereocenters. The van der Waals surface area contributed by atoms with Crippen molar-refractivity contribution in [2.45, 2.75) is 6.42 Å². The molecule has 0 fully saturated rings. The van der Waals surface area contributed by atoms with Gasteiger partial charge in [0.05, 0.1) is 16.0 Å². The van der Waals surface area contributed by atoms with E-state index in [0.29, 0.717) is 18.0 Å². The van der Waals surface area contributed by atoms with Crippen molar-refractivity contribution in [3.63, 3.8) is 0 Å². The monoisotopic (exact) mass is 219 g/mol. The maximum atomic E-state index is 6.06. The summed E-state index contributed by atoms with van der Waals surface area (Å²) in [5, 5.41) is 1.54. The van der Waals surface area contributed by atoms with Crippen molar-refractivity contribution in [1.82, 2.24) is 9.97 Å². The lowest BCUT2D eigenvalue weighted by molar-refractivity contribution is 1.03. The summed E-state index contributed by atoms with van der Waals surface area (Å²) in [5.41, 5.74) is 7.00. The van der Waals surface area contributed by atoms with Gasteiger partial charge in [0.2, 0.25) is 0 Å². The van der Waals surface area contributed by atoms with Gasteiger partial charge in [0.25, 0.3) is 0 Å². The Kier molecular flexibility index (Phi) is 2.91. The normalized spacial score (nSPS) is 10.0. The number of nitrogens with one attached hydrogen (secondary N) is 1. The van der Waals surface area contributed by atoms with Crippen LogP contribution in [-0.2, 0) is 0 Å². The predicted octanol–water partition coefficient (Wildman–Crippen LogP) is 1.92. The Bertz CT molecular complexity index is 533. The third kappa shape index (κ3) is 1.96. The lowest BCUT2D eigenvalue weighted by Gasteiger charge is -1.92. The van der Waals surface area contributed by atoms with Gasteiger partial charge in [0.1, 0.15) is 5.65 Å². The molecule has 0 aromatic carbocycles. The molecule has 3 N–H and O–H groups in total. The lowest BCUT2D eigenvalue weighted by atomic mass is 10.2. The van der Waals surface area contributed by atoms with Crippen LogP contribution in [0.5, 0.6) is 0 Å². The van der Waals surface area contributed by atoms with Crippen molar-refractivity contribution in [2.75, 3.05) is 6.54 Å². The number of nitrogens with two attached hydrogens (primary N) is 1. The molecule has 2 rings (SSSR count). The second-order valence-corrected chi connectivity index (χ2v) is 3.47. The third-order valence-corrected chi connectivity index (χ3v) is 2.33. The number of hydrogen-bond donors (Lipinski definition) is 2. The van der Waals surface area contributed by atoms with Crippen LogP contribution in [-0.4, -0.2) is 16.5 Å². The summed E-state index contributed by atoms with van der Waals surface area (Å²) >= 11 is 6.06. The van der Waals surface area contributed by atoms with Crippen LogP contribution >= 0.6 is 11.6 Å². The molecule has 2 heterocycles. The molecular formula is C11H10ClN3. The van der Waals surface area contributed by atoms with Gasteiger partial charge in [-0.25, -0.2) is 4.98 Å². The number of fused-ring (bicyclic) bond motifs is 1. The topological polar surface area (TPSA) is 54.7 Å². The Hall–Kier alpha value is -1.50. The average molecular weight is 220 g/mol. The van der Waals surface area contributed by atoms with E-state index in [2.05, 4.69) is 21.8 Å². The van der Waals surface area contributed by atoms with E-state index in [9.17, 15) is 0 Å². The van der Waals surface area contributed by atoms with Crippen LogP contribution in [0.25, 0.3) is 11.0 Å². The average Bonchev–Trinajstić information content (AvgIpc) is 2.63. The molecule has 2 aromatic rings. The first kappa shape index (κ1) is 10.0. The summed E-state index contributed by atoms with van der Waals surface area (Å²) in [7, 11) is 0. The summed E-state index contributed by atoms with van der Waals surface area (Å²) in [6.07, 6.45) is 4.16. The van der Waals surface area contributed by atoms with Gasteiger partial charge in [-0.05, 0) is 6.07 Å². The highest BCUT2D eigenvalue weighted by atomic mass is 35.5. The fourth-order valence-corrected chi connectivity index (χ4v) is 1.59. The van der Waals surface area contributed by atoms with Crippen LogP contribution in [0.1, 0.15) is 12.0 Å². The Morgan fingerprint density at radius 2 is 2.40 bits per heavy atom. The van der Waals surface area contributed by atoms with Gasteiger partial charge in [-0.1, -0.05) is 23.4 Å². The Morgan fingerprint density at radius 3 is 3.20 bits per heavy atom. The van der Waals surface area contributed by atoms with E-state index in [1.165, 1.54) is 0 Å². The molecule has 0 amide bonds. The first-order chi connectivity index (χ1) is 7.33. The molecule has 76 valence electrons. The molecule has 15 heavy (non-hydrogen) atoms. The highest BCUT2D eigenvalue weighted by molar-refractivity contribution is 6.35. The number of rotatable bonds is 1. The fraction of sp³-hybridized carbons (Fsp3) is 0.182. The zero-order valence-electron chi connectivity index (χ0n) is 8.05. The van der Waals surface area contributed by atoms with Crippen molar-refractivity contribution in [2.24, 2.45) is 5.73 Å². The number of nitrogens with zero attached hydrogens (tertiary/aromatic N) is 1. The molecule has 0 aliphatic heterocycles. The molecule has 0 aliphatic rings. The van der Waals surface area contributed by atoms with E-state index < -0.39 is 0 Å². The van der Waals surface area contributed by atoms with Crippen LogP contribution < -0.4 is 5.73 Å². The Balaban J connectivity index is 2.50. The lowest BCUT2D eigenvalue weighted by Crippen LogP contribution is -1.95. The van der Waals surface area contributed by atoms with Crippen molar-refractivity contribution >= 4 is 22.6 Å². The maximum absolute atomic E-state index is 6.06. The summed E-state index contributed by atoms with van der Waals surface area (Å²) in [6.45, 7) is 0.571. The first-order valence-electron chi connectivity index (χ1n) is 4.63. The zero-order chi connectivity index (χ0) is 10.7. The Labute approximate surface area is 92.6 Å². The first-order valence-corrected chi connectivity index (χ1v) is 5.01. The summed E-state index contributed by atoms with van der Waals surface area (Å²) < 4.78 is 0. The second-order valence-electron chi connectivity index (χ2n) is 3.06. The SMILES string of the molecule is NCCC#Cc1c[nH]c2nccc(Cl)c12. The molecule has 0 spiro atoms. The quantitative estimate of drug-likeness (QED) is 0.720. The minimum Gasteiger partial charge on any atom is -0.345 e. The zero-order valence-corrected chi connectivity index (χ0v) is 8.80. The van der Waals surface area contributed by atoms with Crippen LogP contribution in [0.2, 0.25) is 5.02 Å². The standard InChI is InChI=1S/C11H10ClN3/c12-9-4-6-14-11-10(9)8(7-15-11)3-1-2-5-13/h4,6-7H,2,5,13H2,(H,14,15). The Morgan fingerprint density at radius 1 is 1.53 bits per heavy atom. The molecule has 0 aliphatic carbocycles. The number of H-pyrrole nitrogens is 1. The predicted molar refractivity (Wildman–Crippen MR) is 61.7 cm³/mol. The number of hydrogen-bond acceptors (Lipinski definition) is 2. The largest absolute Gasteiger partial charge is 0.345 e. The number of aromatic nitrogens is 2. The van der Waals surface area contributed by atoms with Gasteiger partial charge in [0, 0.05) is 25.4 Å². The second kappa shape index (κ2) is 4.35. The number of aromatic amines is 1. The molecule has 2 aromatic heterocycles. The molecule has 0 saturated heterocycles. The van der Waals surface area contributed by atoms with E-state index in [1.807, 2.05) is 6.20 Å². The maximum Gasteiger partial charge on any atom is 0.140 e. The summed E-state index contributed by atoms with van der Waals surface area (Å²) in [4.78, 5) is 7.19. The summed E-state index contributed by atoms with van der Waals surface area (Å²) in [5.74, 6) is 6.00. The van der Waals surface area contributed by atoms with Crippen molar-refractivity contribution in [1.29, 1.82) is 0 Å². The molecule has 0 bridgehead atoms. The highest BCUT2D eigenvalue weighted by Gasteiger charge is 2.05. The van der Waals surface area contributed by atoms with Gasteiger partial charge >= 0.3 is 0 Å². The van der Waals surface area contributed by atoms with Gasteiger partial charge in [-0.15, -0.1) is 0 Å². The van der Waals surface area contributed by atoms with Gasteiger partial charge in [-0.3, -0.25) is 0 Å². The third-order valence-electron chi connectivity index (χ3n) is 2.02. The van der Waals surface area contributed by atoms with E-state index in [0.717, 1.165) is 16.6 Å². The van der Waals surface area contributed by atoms with Gasteiger partial charge in [0.15, 0.2) is 0 Å². The minimum absolute atomic E-state index is 0.571. The summed E-state index contributed by atoms with van der Waals surface area (Å²) in [6, 6.07) is 1.76. The van der Waals surface area contributed by atoms with E-state index in [-0.39, 0.29) is 0 Å². The van der Waals surface area contributed by atoms with Crippen LogP contribution in [0.4, 0.5) is 0 Å². The van der Waals surface area contributed by atoms with E-state index >= 15 is 0 Å². The van der Waals surface area contributed by atoms with Crippen molar-refractivity contribution < 1.29 is 0 Å². The molecule has 0 atom stereocenters. The molecular weight excluding hydrogens is 210 g/mol. The van der Waals surface area contributed by atoms with Crippen LogP contribution in [0.3, 0.4) is 0 Å². The minimum atomic E-state index is 0.571. The van der Waals surface area contributed by atoms with Crippen LogP contribution in [0.15, 0.2) is 18.5 Å². The fourth-order valence-electron chi connectivity index (χ4n) is 1.35. The highest BCUT2D eigenvalue weighted by Crippen LogP contribution is 2.23. The molecule has 3 nitrogen and oxygen atoms in total. The van der Waals surface area contributed by atoms with Crippen molar-refractivity contribution in [3.8, 4) is 11.8 Å². The van der Waals surface area contributed by atoms with Gasteiger partial charge in [-0.2, -0.15) is 0 Å². The van der Waals surface area contributed by atoms with Crippen molar-refractivity contribution in [3.05, 3.63) is 29.0 Å². The molecule has 4 heteroatoms. The molecule has 0 saturated carbocycles. The van der Waals surface area contributed by atoms with Crippen LogP contribution in [0, 0.1) is 11.8 Å². The van der Waals surface area contributed by atoms with E-state index in [4.69, 9.17) is 17.3 Å². The molecule has 0 radical (unpaired) electrons. The number of pyridine rings is 1. The van der Waals surface area contributed by atoms with E-state index in [1.54, 1.807) is 12.3 Å². The van der Waals surface area contributed by atoms with Gasteiger partial charge < -0.3 is 10.7 Å². The number of halogens is 1.